The monoisotopic (exact) mass is 386 g/mol. The van der Waals surface area contributed by atoms with Gasteiger partial charge in [-0.05, 0) is 73.2 Å². The lowest BCUT2D eigenvalue weighted by molar-refractivity contribution is -0.135. The highest BCUT2D eigenvalue weighted by Crippen LogP contribution is 2.66. The first kappa shape index (κ1) is 20.0. The fraction of sp³-hybridized carbons (Fsp3) is 0.833. The molecule has 8 atom stereocenters. The summed E-state index contributed by atoms with van der Waals surface area (Å²) in [5.41, 5.74) is 0.186. The second kappa shape index (κ2) is 6.88. The first-order valence-electron chi connectivity index (χ1n) is 11.4. The van der Waals surface area contributed by atoms with E-state index in [1.807, 2.05) is 0 Å². The number of amides is 2. The minimum Gasteiger partial charge on any atom is -0.356 e. The van der Waals surface area contributed by atoms with Gasteiger partial charge in [-0.15, -0.1) is 0 Å². The maximum atomic E-state index is 13.1. The van der Waals surface area contributed by atoms with Crippen LogP contribution in [0.4, 0.5) is 0 Å². The van der Waals surface area contributed by atoms with Crippen LogP contribution in [-0.2, 0) is 9.59 Å². The van der Waals surface area contributed by atoms with E-state index in [2.05, 4.69) is 51.3 Å². The summed E-state index contributed by atoms with van der Waals surface area (Å²) in [6.07, 6.45) is 9.70. The number of rotatable bonds is 3. The highest BCUT2D eigenvalue weighted by Gasteiger charge is 2.62. The van der Waals surface area contributed by atoms with Crippen LogP contribution < -0.4 is 10.6 Å². The summed E-state index contributed by atoms with van der Waals surface area (Å²) in [5.74, 6) is 3.35. The minimum atomic E-state index is 0.0675. The molecule has 4 rings (SSSR count). The van der Waals surface area contributed by atoms with E-state index in [-0.39, 0.29) is 34.6 Å². The molecule has 2 amide bonds. The molecule has 28 heavy (non-hydrogen) atoms. The van der Waals surface area contributed by atoms with Gasteiger partial charge < -0.3 is 10.6 Å². The zero-order chi connectivity index (χ0) is 20.3. The fourth-order valence-corrected chi connectivity index (χ4v) is 7.67. The zero-order valence-electron chi connectivity index (χ0n) is 18.3. The maximum absolute atomic E-state index is 13.1. The maximum Gasteiger partial charge on any atom is 0.243 e. The molecule has 1 aliphatic heterocycles. The van der Waals surface area contributed by atoms with Crippen LogP contribution in [0.2, 0.25) is 0 Å². The van der Waals surface area contributed by atoms with Crippen molar-refractivity contribution < 1.29 is 9.59 Å². The topological polar surface area (TPSA) is 58.2 Å². The summed E-state index contributed by atoms with van der Waals surface area (Å²) in [6, 6.07) is 0.277. The Hall–Kier alpha value is -1.32. The molecule has 0 aromatic rings. The van der Waals surface area contributed by atoms with Gasteiger partial charge in [0, 0.05) is 23.9 Å². The molecule has 4 aliphatic rings. The predicted octanol–water partition coefficient (Wildman–Crippen LogP) is 3.92. The third-order valence-corrected chi connectivity index (χ3v) is 9.00. The standard InChI is InChI=1S/C24H38N2O2/c1-14(2)13-25-22(28)21-15(3)12-18-16-6-7-19-23(4,11-9-20(27)26-19)17(16)8-10-24(18,21)5/h9,11,14-19,21H,6-8,10,12-13H2,1-5H3,(H,25,28)(H,26,27)/t15?,16-,17-,18+,19?,21?,23-,24+/m1/s1. The second-order valence-electron chi connectivity index (χ2n) is 11.1. The third-order valence-electron chi connectivity index (χ3n) is 9.00. The van der Waals surface area contributed by atoms with Gasteiger partial charge in [0.25, 0.3) is 0 Å². The molecule has 0 spiro atoms. The van der Waals surface area contributed by atoms with E-state index in [1.165, 1.54) is 19.3 Å². The van der Waals surface area contributed by atoms with Crippen molar-refractivity contribution in [2.45, 2.75) is 72.8 Å². The number of carbonyl (C=O) groups excluding carboxylic acids is 2. The van der Waals surface area contributed by atoms with Gasteiger partial charge in [0.2, 0.25) is 11.8 Å². The van der Waals surface area contributed by atoms with Crippen molar-refractivity contribution in [3.8, 4) is 0 Å². The molecule has 0 bridgehead atoms. The van der Waals surface area contributed by atoms with Gasteiger partial charge in [0.1, 0.15) is 0 Å². The Kier molecular flexibility index (Phi) is 4.91. The molecule has 0 aromatic carbocycles. The van der Waals surface area contributed by atoms with Crippen molar-refractivity contribution in [1.82, 2.24) is 10.6 Å². The highest BCUT2D eigenvalue weighted by atomic mass is 16.2. The number of hydrogen-bond donors (Lipinski definition) is 2. The van der Waals surface area contributed by atoms with Gasteiger partial charge in [0.15, 0.2) is 0 Å². The summed E-state index contributed by atoms with van der Waals surface area (Å²) in [7, 11) is 0. The lowest BCUT2D eigenvalue weighted by Gasteiger charge is -2.58. The highest BCUT2D eigenvalue weighted by molar-refractivity contribution is 5.89. The number of hydrogen-bond acceptors (Lipinski definition) is 2. The Balaban J connectivity index is 1.58. The van der Waals surface area contributed by atoms with E-state index in [4.69, 9.17) is 0 Å². The van der Waals surface area contributed by atoms with Crippen LogP contribution in [0.1, 0.15) is 66.7 Å². The molecular formula is C24H38N2O2. The Labute approximate surface area is 170 Å². The SMILES string of the molecule is CC(C)CNC(=O)C1C(C)C[C@H]2[C@@H]3CCC4NC(=O)C=C[C@]4(C)[C@@H]3CC[C@]12C. The van der Waals surface area contributed by atoms with Crippen molar-refractivity contribution in [2.75, 3.05) is 6.54 Å². The number of carbonyl (C=O) groups is 2. The summed E-state index contributed by atoms with van der Waals surface area (Å²) >= 11 is 0. The molecule has 2 N–H and O–H groups in total. The lowest BCUT2D eigenvalue weighted by atomic mass is 9.48. The quantitative estimate of drug-likeness (QED) is 0.772. The molecule has 3 unspecified atom stereocenters. The average Bonchev–Trinajstić information content (AvgIpc) is 2.90. The van der Waals surface area contributed by atoms with E-state index < -0.39 is 0 Å². The lowest BCUT2D eigenvalue weighted by Crippen LogP contribution is -2.59. The van der Waals surface area contributed by atoms with Crippen molar-refractivity contribution >= 4 is 11.8 Å². The smallest absolute Gasteiger partial charge is 0.243 e. The summed E-state index contributed by atoms with van der Waals surface area (Å²) in [5, 5.41) is 6.48. The predicted molar refractivity (Wildman–Crippen MR) is 111 cm³/mol. The number of fused-ring (bicyclic) bond motifs is 5. The van der Waals surface area contributed by atoms with Gasteiger partial charge in [-0.1, -0.05) is 40.7 Å². The Morgan fingerprint density at radius 1 is 1.25 bits per heavy atom. The van der Waals surface area contributed by atoms with Gasteiger partial charge in [-0.2, -0.15) is 0 Å². The molecule has 1 heterocycles. The van der Waals surface area contributed by atoms with Crippen molar-refractivity contribution in [3.63, 3.8) is 0 Å². The van der Waals surface area contributed by atoms with Crippen LogP contribution in [0.15, 0.2) is 12.2 Å². The second-order valence-corrected chi connectivity index (χ2v) is 11.1. The van der Waals surface area contributed by atoms with Crippen LogP contribution in [0, 0.1) is 46.3 Å². The normalized spacial score (nSPS) is 47.1. The van der Waals surface area contributed by atoms with E-state index in [0.29, 0.717) is 29.6 Å². The van der Waals surface area contributed by atoms with Gasteiger partial charge in [-0.3, -0.25) is 9.59 Å². The first-order chi connectivity index (χ1) is 13.2. The molecule has 4 nitrogen and oxygen atoms in total. The van der Waals surface area contributed by atoms with E-state index >= 15 is 0 Å². The molecule has 0 saturated heterocycles. The van der Waals surface area contributed by atoms with Crippen LogP contribution in [0.3, 0.4) is 0 Å². The third kappa shape index (κ3) is 2.93. The van der Waals surface area contributed by atoms with Crippen LogP contribution in [0.5, 0.6) is 0 Å². The Morgan fingerprint density at radius 2 is 2.00 bits per heavy atom. The van der Waals surface area contributed by atoms with Crippen LogP contribution in [0.25, 0.3) is 0 Å². The van der Waals surface area contributed by atoms with Crippen molar-refractivity contribution in [1.29, 1.82) is 0 Å². The fourth-order valence-electron chi connectivity index (χ4n) is 7.67. The average molecular weight is 387 g/mol. The summed E-state index contributed by atoms with van der Waals surface area (Å²) in [6.45, 7) is 12.2. The van der Waals surface area contributed by atoms with Gasteiger partial charge >= 0.3 is 0 Å². The van der Waals surface area contributed by atoms with Gasteiger partial charge in [-0.25, -0.2) is 0 Å². The molecule has 0 aromatic heterocycles. The van der Waals surface area contributed by atoms with Crippen molar-refractivity contribution in [3.05, 3.63) is 12.2 Å². The molecule has 156 valence electrons. The molecule has 3 aliphatic carbocycles. The van der Waals surface area contributed by atoms with Crippen LogP contribution >= 0.6 is 0 Å². The molecular weight excluding hydrogens is 348 g/mol. The summed E-state index contributed by atoms with van der Waals surface area (Å²) < 4.78 is 0. The number of nitrogens with one attached hydrogen (secondary N) is 2. The molecule has 4 heteroatoms. The minimum absolute atomic E-state index is 0.0675. The molecule has 0 radical (unpaired) electrons. The molecule has 3 fully saturated rings. The Morgan fingerprint density at radius 3 is 2.71 bits per heavy atom. The van der Waals surface area contributed by atoms with Crippen molar-refractivity contribution in [2.24, 2.45) is 46.3 Å². The zero-order valence-corrected chi connectivity index (χ0v) is 18.3. The van der Waals surface area contributed by atoms with Crippen LogP contribution in [-0.4, -0.2) is 24.4 Å². The first-order valence-corrected chi connectivity index (χ1v) is 11.4. The van der Waals surface area contributed by atoms with E-state index in [9.17, 15) is 9.59 Å². The van der Waals surface area contributed by atoms with E-state index in [0.717, 1.165) is 19.4 Å². The largest absolute Gasteiger partial charge is 0.356 e. The van der Waals surface area contributed by atoms with Gasteiger partial charge in [0.05, 0.1) is 0 Å². The summed E-state index contributed by atoms with van der Waals surface area (Å²) in [4.78, 5) is 25.0. The van der Waals surface area contributed by atoms with E-state index in [1.54, 1.807) is 6.08 Å². The Bertz CT molecular complexity index is 686. The molecule has 3 saturated carbocycles.